The van der Waals surface area contributed by atoms with Crippen molar-refractivity contribution < 1.29 is 32.0 Å². The smallest absolute Gasteiger partial charge is 0.406 e. The van der Waals surface area contributed by atoms with Gasteiger partial charge in [-0.2, -0.15) is 0 Å². The molecule has 3 rings (SSSR count). The fourth-order valence-corrected chi connectivity index (χ4v) is 3.37. The van der Waals surface area contributed by atoms with Crippen molar-refractivity contribution in [1.82, 2.24) is 15.4 Å². The number of alkyl halides is 3. The first kappa shape index (κ1) is 21.7. The van der Waals surface area contributed by atoms with Gasteiger partial charge in [0.15, 0.2) is 0 Å². The number of aryl methyl sites for hydroxylation is 2. The minimum Gasteiger partial charge on any atom is -0.406 e. The van der Waals surface area contributed by atoms with E-state index in [4.69, 9.17) is 4.52 Å². The number of carbonyl (C=O) groups excluding carboxylic acids is 2. The van der Waals surface area contributed by atoms with Gasteiger partial charge in [0, 0.05) is 30.1 Å². The fourth-order valence-electron chi connectivity index (χ4n) is 3.37. The van der Waals surface area contributed by atoms with E-state index in [1.165, 1.54) is 12.1 Å². The number of carbonyl (C=O) groups is 2. The second-order valence-corrected chi connectivity index (χ2v) is 7.19. The third kappa shape index (κ3) is 5.52. The van der Waals surface area contributed by atoms with E-state index < -0.39 is 18.0 Å². The lowest BCUT2D eigenvalue weighted by Crippen LogP contribution is -2.36. The van der Waals surface area contributed by atoms with E-state index in [1.807, 2.05) is 6.92 Å². The lowest BCUT2D eigenvalue weighted by molar-refractivity contribution is -0.274. The van der Waals surface area contributed by atoms with Gasteiger partial charge < -0.3 is 19.5 Å². The number of nitrogens with zero attached hydrogens (tertiary/aromatic N) is 2. The first-order chi connectivity index (χ1) is 14.1. The molecular weight excluding hydrogens is 403 g/mol. The van der Waals surface area contributed by atoms with Gasteiger partial charge in [0.2, 0.25) is 5.91 Å². The molecule has 1 aliphatic rings. The summed E-state index contributed by atoms with van der Waals surface area (Å²) in [6, 6.07) is 4.61. The Balaban J connectivity index is 1.61. The van der Waals surface area contributed by atoms with Crippen LogP contribution in [0.3, 0.4) is 0 Å². The zero-order chi connectivity index (χ0) is 21.9. The standard InChI is InChI=1S/C20H22F3N3O4/c1-12-17(13(2)30-25-12)11-26-9-8-15(6-7-18(26)27)24-19(28)14-4-3-5-16(10-14)29-20(21,22)23/h3-5,10,15H,6-9,11H2,1-2H3,(H,24,28). The second-order valence-electron chi connectivity index (χ2n) is 7.19. The van der Waals surface area contributed by atoms with E-state index in [-0.39, 0.29) is 23.9 Å². The molecular formula is C20H22F3N3O4. The highest BCUT2D eigenvalue weighted by molar-refractivity contribution is 5.94. The fraction of sp³-hybridized carbons (Fsp3) is 0.450. The van der Waals surface area contributed by atoms with Gasteiger partial charge in [-0.05, 0) is 44.9 Å². The maximum atomic E-state index is 12.5. The summed E-state index contributed by atoms with van der Waals surface area (Å²) in [5.41, 5.74) is 1.66. The highest BCUT2D eigenvalue weighted by Crippen LogP contribution is 2.24. The Morgan fingerprint density at radius 3 is 2.77 bits per heavy atom. The molecule has 162 valence electrons. The molecule has 0 bridgehead atoms. The Labute approximate surface area is 171 Å². The Morgan fingerprint density at radius 1 is 1.33 bits per heavy atom. The molecule has 2 heterocycles. The van der Waals surface area contributed by atoms with Crippen LogP contribution in [0.2, 0.25) is 0 Å². The number of benzene rings is 1. The summed E-state index contributed by atoms with van der Waals surface area (Å²) in [5.74, 6) is -0.348. The van der Waals surface area contributed by atoms with E-state index in [9.17, 15) is 22.8 Å². The first-order valence-electron chi connectivity index (χ1n) is 9.48. The van der Waals surface area contributed by atoms with Gasteiger partial charge in [-0.15, -0.1) is 13.2 Å². The van der Waals surface area contributed by atoms with Crippen molar-refractivity contribution >= 4 is 11.8 Å². The first-order valence-corrected chi connectivity index (χ1v) is 9.48. The van der Waals surface area contributed by atoms with Crippen molar-refractivity contribution in [3.05, 3.63) is 46.8 Å². The average molecular weight is 425 g/mol. The van der Waals surface area contributed by atoms with Gasteiger partial charge >= 0.3 is 6.36 Å². The molecule has 1 aromatic heterocycles. The maximum absolute atomic E-state index is 12.5. The summed E-state index contributed by atoms with van der Waals surface area (Å²) in [7, 11) is 0. The number of hydrogen-bond donors (Lipinski definition) is 1. The number of likely N-dealkylation sites (tertiary alicyclic amines) is 1. The third-order valence-electron chi connectivity index (χ3n) is 5.00. The van der Waals surface area contributed by atoms with Crippen molar-refractivity contribution in [1.29, 1.82) is 0 Å². The van der Waals surface area contributed by atoms with Crippen molar-refractivity contribution in [3.63, 3.8) is 0 Å². The van der Waals surface area contributed by atoms with Gasteiger partial charge in [0.1, 0.15) is 11.5 Å². The third-order valence-corrected chi connectivity index (χ3v) is 5.00. The number of amides is 2. The van der Waals surface area contributed by atoms with Crippen LogP contribution in [-0.4, -0.2) is 40.8 Å². The van der Waals surface area contributed by atoms with Crippen LogP contribution in [0.4, 0.5) is 13.2 Å². The Bertz CT molecular complexity index is 907. The highest BCUT2D eigenvalue weighted by Gasteiger charge is 2.31. The lowest BCUT2D eigenvalue weighted by atomic mass is 10.1. The summed E-state index contributed by atoms with van der Waals surface area (Å²) in [6.07, 6.45) is -3.60. The zero-order valence-corrected chi connectivity index (χ0v) is 16.6. The molecule has 0 spiro atoms. The van der Waals surface area contributed by atoms with Crippen LogP contribution in [0, 0.1) is 13.8 Å². The minimum atomic E-state index is -4.83. The molecule has 1 saturated heterocycles. The number of nitrogens with one attached hydrogen (secondary N) is 1. The summed E-state index contributed by atoms with van der Waals surface area (Å²) in [6.45, 7) is 4.42. The van der Waals surface area contributed by atoms with Crippen LogP contribution in [0.25, 0.3) is 0 Å². The number of rotatable bonds is 5. The second kappa shape index (κ2) is 8.76. The van der Waals surface area contributed by atoms with Gasteiger partial charge in [0.25, 0.3) is 5.91 Å². The van der Waals surface area contributed by atoms with Crippen LogP contribution in [-0.2, 0) is 11.3 Å². The molecule has 7 nitrogen and oxygen atoms in total. The Hall–Kier alpha value is -3.04. The van der Waals surface area contributed by atoms with Crippen LogP contribution < -0.4 is 10.1 Å². The predicted molar refractivity (Wildman–Crippen MR) is 99.6 cm³/mol. The van der Waals surface area contributed by atoms with Gasteiger partial charge in [0.05, 0.1) is 12.2 Å². The number of aromatic nitrogens is 1. The molecule has 1 N–H and O–H groups in total. The molecule has 2 amide bonds. The van der Waals surface area contributed by atoms with E-state index in [1.54, 1.807) is 11.8 Å². The maximum Gasteiger partial charge on any atom is 0.573 e. The predicted octanol–water partition coefficient (Wildman–Crippen LogP) is 3.50. The molecule has 1 unspecified atom stereocenters. The molecule has 0 saturated carbocycles. The topological polar surface area (TPSA) is 84.7 Å². The van der Waals surface area contributed by atoms with Crippen LogP contribution in [0.1, 0.15) is 46.6 Å². The lowest BCUT2D eigenvalue weighted by Gasteiger charge is -2.21. The molecule has 30 heavy (non-hydrogen) atoms. The molecule has 1 fully saturated rings. The summed E-state index contributed by atoms with van der Waals surface area (Å²) in [4.78, 5) is 26.7. The van der Waals surface area contributed by atoms with Gasteiger partial charge in [-0.25, -0.2) is 0 Å². The molecule has 2 aromatic rings. The van der Waals surface area contributed by atoms with Crippen LogP contribution in [0.5, 0.6) is 5.75 Å². The molecule has 0 radical (unpaired) electrons. The SMILES string of the molecule is Cc1noc(C)c1CN1CCC(NC(=O)c2cccc(OC(F)(F)F)c2)CCC1=O. The number of ether oxygens (including phenoxy) is 1. The number of hydrogen-bond acceptors (Lipinski definition) is 5. The normalized spacial score (nSPS) is 17.6. The van der Waals surface area contributed by atoms with Crippen molar-refractivity contribution in [2.75, 3.05) is 6.54 Å². The van der Waals surface area contributed by atoms with Gasteiger partial charge in [-0.3, -0.25) is 9.59 Å². The summed E-state index contributed by atoms with van der Waals surface area (Å²) < 4.78 is 46.1. The monoisotopic (exact) mass is 425 g/mol. The summed E-state index contributed by atoms with van der Waals surface area (Å²) >= 11 is 0. The average Bonchev–Trinajstić information content (AvgIpc) is 2.88. The highest BCUT2D eigenvalue weighted by atomic mass is 19.4. The van der Waals surface area contributed by atoms with Crippen LogP contribution in [0.15, 0.2) is 28.8 Å². The van der Waals surface area contributed by atoms with E-state index in [0.29, 0.717) is 31.7 Å². The summed E-state index contributed by atoms with van der Waals surface area (Å²) in [5, 5.41) is 6.70. The van der Waals surface area contributed by atoms with E-state index in [0.717, 1.165) is 23.4 Å². The van der Waals surface area contributed by atoms with E-state index >= 15 is 0 Å². The minimum absolute atomic E-state index is 0.0349. The zero-order valence-electron chi connectivity index (χ0n) is 16.6. The molecule has 10 heteroatoms. The van der Waals surface area contributed by atoms with Crippen LogP contribution >= 0.6 is 0 Å². The Morgan fingerprint density at radius 2 is 2.10 bits per heavy atom. The molecule has 1 aromatic carbocycles. The van der Waals surface area contributed by atoms with Crippen molar-refractivity contribution in [2.45, 2.75) is 52.1 Å². The van der Waals surface area contributed by atoms with Crippen molar-refractivity contribution in [3.8, 4) is 5.75 Å². The van der Waals surface area contributed by atoms with Crippen molar-refractivity contribution in [2.24, 2.45) is 0 Å². The molecule has 0 aliphatic carbocycles. The van der Waals surface area contributed by atoms with Gasteiger partial charge in [-0.1, -0.05) is 11.2 Å². The van der Waals surface area contributed by atoms with E-state index in [2.05, 4.69) is 15.2 Å². The molecule has 1 aliphatic heterocycles. The Kier molecular flexibility index (Phi) is 6.33. The quantitative estimate of drug-likeness (QED) is 0.793. The largest absolute Gasteiger partial charge is 0.573 e. The number of halogens is 3. The molecule has 1 atom stereocenters.